The first-order valence-electron chi connectivity index (χ1n) is 11.0. The lowest BCUT2D eigenvalue weighted by Gasteiger charge is -2.30. The zero-order valence-electron chi connectivity index (χ0n) is 19.1. The Kier molecular flexibility index (Phi) is 9.87. The number of carbonyl (C=O) groups excluding carboxylic acids is 1. The molecule has 0 aliphatic rings. The van der Waals surface area contributed by atoms with Crippen LogP contribution < -0.4 is 4.74 Å². The van der Waals surface area contributed by atoms with Gasteiger partial charge in [-0.1, -0.05) is 93.6 Å². The van der Waals surface area contributed by atoms with Gasteiger partial charge in [0.2, 0.25) is 0 Å². The minimum atomic E-state index is -3.89. The molecule has 3 aromatic rings. The largest absolute Gasteiger partial charge is 0.489 e. The van der Waals surface area contributed by atoms with Gasteiger partial charge in [0, 0.05) is 6.42 Å². The SMILES string of the molecule is C.CCCC(Cc1ccccc1)(C(=O)OC)S(=O)(=O)Cc1ccc(OCc2ccccc2)cc1. The summed E-state index contributed by atoms with van der Waals surface area (Å²) < 4.78 is 36.5. The molecule has 34 heavy (non-hydrogen) atoms. The number of methoxy groups -OCH3 is 1. The Morgan fingerprint density at radius 1 is 0.824 bits per heavy atom. The molecule has 182 valence electrons. The normalized spacial score (nSPS) is 12.8. The lowest BCUT2D eigenvalue weighted by molar-refractivity contribution is -0.144. The first kappa shape index (κ1) is 27.1. The second-order valence-electron chi connectivity index (χ2n) is 8.08. The summed E-state index contributed by atoms with van der Waals surface area (Å²) in [5.41, 5.74) is 2.43. The first-order valence-corrected chi connectivity index (χ1v) is 12.7. The van der Waals surface area contributed by atoms with E-state index in [2.05, 4.69) is 0 Å². The molecule has 1 atom stereocenters. The van der Waals surface area contributed by atoms with Crippen molar-refractivity contribution in [3.05, 3.63) is 102 Å². The summed E-state index contributed by atoms with van der Waals surface area (Å²) in [6, 6.07) is 26.0. The molecular formula is C28H34O5S. The van der Waals surface area contributed by atoms with Crippen LogP contribution in [0.15, 0.2) is 84.9 Å². The number of carbonyl (C=O) groups is 1. The summed E-state index contributed by atoms with van der Waals surface area (Å²) >= 11 is 0. The molecule has 0 saturated heterocycles. The van der Waals surface area contributed by atoms with Gasteiger partial charge in [0.05, 0.1) is 12.9 Å². The zero-order valence-corrected chi connectivity index (χ0v) is 19.9. The summed E-state index contributed by atoms with van der Waals surface area (Å²) in [6.07, 6.45) is 0.803. The van der Waals surface area contributed by atoms with Crippen LogP contribution in [0.5, 0.6) is 5.75 Å². The van der Waals surface area contributed by atoms with Crippen LogP contribution in [0.4, 0.5) is 0 Å². The third-order valence-corrected chi connectivity index (χ3v) is 8.09. The molecule has 3 aromatic carbocycles. The van der Waals surface area contributed by atoms with Crippen molar-refractivity contribution in [2.75, 3.05) is 7.11 Å². The van der Waals surface area contributed by atoms with Crippen molar-refractivity contribution < 1.29 is 22.7 Å². The van der Waals surface area contributed by atoms with Crippen LogP contribution in [0.25, 0.3) is 0 Å². The third kappa shape index (κ3) is 6.48. The molecule has 0 aromatic heterocycles. The lowest BCUT2D eigenvalue weighted by Crippen LogP contribution is -2.49. The fourth-order valence-electron chi connectivity index (χ4n) is 3.95. The number of sulfone groups is 1. The van der Waals surface area contributed by atoms with Crippen LogP contribution in [-0.4, -0.2) is 26.2 Å². The van der Waals surface area contributed by atoms with E-state index in [-0.39, 0.29) is 26.0 Å². The Morgan fingerprint density at radius 3 is 1.91 bits per heavy atom. The van der Waals surface area contributed by atoms with Crippen molar-refractivity contribution in [3.63, 3.8) is 0 Å². The second-order valence-corrected chi connectivity index (χ2v) is 10.4. The molecule has 3 rings (SSSR count). The van der Waals surface area contributed by atoms with Gasteiger partial charge in [-0.25, -0.2) is 8.42 Å². The van der Waals surface area contributed by atoms with Crippen LogP contribution in [0.1, 0.15) is 43.9 Å². The van der Waals surface area contributed by atoms with Crippen molar-refractivity contribution in [3.8, 4) is 5.75 Å². The van der Waals surface area contributed by atoms with Crippen LogP contribution in [0.2, 0.25) is 0 Å². The Balaban J connectivity index is 0.00000408. The number of hydrogen-bond acceptors (Lipinski definition) is 5. The molecule has 0 aliphatic carbocycles. The highest BCUT2D eigenvalue weighted by atomic mass is 32.2. The lowest BCUT2D eigenvalue weighted by atomic mass is 9.94. The summed E-state index contributed by atoms with van der Waals surface area (Å²) in [5.74, 6) is -0.318. The maximum atomic E-state index is 13.7. The minimum absolute atomic E-state index is 0. The summed E-state index contributed by atoms with van der Waals surface area (Å²) in [7, 11) is -2.65. The van der Waals surface area contributed by atoms with E-state index < -0.39 is 20.6 Å². The first-order chi connectivity index (χ1) is 15.9. The standard InChI is InChI=1S/C27H30O5S.CH4/c1-3-18-27(26(28)31-2,19-22-10-6-4-7-11-22)33(29,30)21-24-14-16-25(17-15-24)32-20-23-12-8-5-9-13-23;/h4-17H,3,18-21H2,1-2H3;1H4. The molecule has 5 nitrogen and oxygen atoms in total. The topological polar surface area (TPSA) is 69.7 Å². The van der Waals surface area contributed by atoms with Crippen LogP contribution in [0.3, 0.4) is 0 Å². The number of rotatable bonds is 11. The predicted octanol–water partition coefficient (Wildman–Crippen LogP) is 5.77. The molecule has 0 fully saturated rings. The molecule has 1 unspecified atom stereocenters. The van der Waals surface area contributed by atoms with E-state index in [4.69, 9.17) is 9.47 Å². The molecular weight excluding hydrogens is 448 g/mol. The molecule has 0 radical (unpaired) electrons. The Bertz CT molecular complexity index is 1130. The minimum Gasteiger partial charge on any atom is -0.489 e. The van der Waals surface area contributed by atoms with Gasteiger partial charge < -0.3 is 9.47 Å². The predicted molar refractivity (Wildman–Crippen MR) is 136 cm³/mol. The maximum absolute atomic E-state index is 13.7. The highest BCUT2D eigenvalue weighted by Gasteiger charge is 2.50. The van der Waals surface area contributed by atoms with Crippen LogP contribution in [-0.2, 0) is 38.1 Å². The molecule has 0 bridgehead atoms. The van der Waals surface area contributed by atoms with Crippen molar-refractivity contribution in [2.45, 2.75) is 50.7 Å². The monoisotopic (exact) mass is 482 g/mol. The van der Waals surface area contributed by atoms with Gasteiger partial charge in [-0.2, -0.15) is 0 Å². The highest BCUT2D eigenvalue weighted by molar-refractivity contribution is 7.92. The van der Waals surface area contributed by atoms with Gasteiger partial charge in [-0.05, 0) is 35.2 Å². The summed E-state index contributed by atoms with van der Waals surface area (Å²) in [5, 5.41) is 0. The fourth-order valence-corrected chi connectivity index (χ4v) is 6.10. The van der Waals surface area contributed by atoms with E-state index in [0.29, 0.717) is 24.3 Å². The average Bonchev–Trinajstić information content (AvgIpc) is 2.83. The van der Waals surface area contributed by atoms with Gasteiger partial charge >= 0.3 is 5.97 Å². The Labute approximate surface area is 203 Å². The number of hydrogen-bond donors (Lipinski definition) is 0. The Hall–Kier alpha value is -3.12. The molecule has 0 amide bonds. The van der Waals surface area contributed by atoms with E-state index >= 15 is 0 Å². The van der Waals surface area contributed by atoms with Crippen LogP contribution in [0, 0.1) is 0 Å². The van der Waals surface area contributed by atoms with Gasteiger partial charge in [-0.15, -0.1) is 0 Å². The Morgan fingerprint density at radius 2 is 1.38 bits per heavy atom. The van der Waals surface area contributed by atoms with Gasteiger partial charge in [0.15, 0.2) is 14.6 Å². The van der Waals surface area contributed by atoms with E-state index in [1.54, 1.807) is 24.3 Å². The van der Waals surface area contributed by atoms with Crippen LogP contribution >= 0.6 is 0 Å². The second kappa shape index (κ2) is 12.4. The van der Waals surface area contributed by atoms with Crippen molar-refractivity contribution >= 4 is 15.8 Å². The number of benzene rings is 3. The number of ether oxygens (including phenoxy) is 2. The zero-order chi connectivity index (χ0) is 23.7. The maximum Gasteiger partial charge on any atom is 0.327 e. The van der Waals surface area contributed by atoms with Crippen molar-refractivity contribution in [2.24, 2.45) is 0 Å². The van der Waals surface area contributed by atoms with E-state index in [9.17, 15) is 13.2 Å². The third-order valence-electron chi connectivity index (χ3n) is 5.67. The van der Waals surface area contributed by atoms with Gasteiger partial charge in [-0.3, -0.25) is 4.79 Å². The van der Waals surface area contributed by atoms with E-state index in [1.807, 2.05) is 67.6 Å². The van der Waals surface area contributed by atoms with Crippen molar-refractivity contribution in [1.29, 1.82) is 0 Å². The van der Waals surface area contributed by atoms with Crippen molar-refractivity contribution in [1.82, 2.24) is 0 Å². The van der Waals surface area contributed by atoms with Gasteiger partial charge in [0.25, 0.3) is 0 Å². The molecule has 0 aliphatic heterocycles. The number of esters is 1. The summed E-state index contributed by atoms with van der Waals surface area (Å²) in [4.78, 5) is 12.9. The molecule has 0 spiro atoms. The fraction of sp³-hybridized carbons (Fsp3) is 0.321. The molecule has 6 heteroatoms. The van der Waals surface area contributed by atoms with E-state index in [1.165, 1.54) is 7.11 Å². The quantitative estimate of drug-likeness (QED) is 0.325. The highest BCUT2D eigenvalue weighted by Crippen LogP contribution is 2.33. The van der Waals surface area contributed by atoms with E-state index in [0.717, 1.165) is 11.1 Å². The molecule has 0 N–H and O–H groups in total. The smallest absolute Gasteiger partial charge is 0.327 e. The van der Waals surface area contributed by atoms with Gasteiger partial charge in [0.1, 0.15) is 12.4 Å². The molecule has 0 saturated carbocycles. The molecule has 0 heterocycles. The summed E-state index contributed by atoms with van der Waals surface area (Å²) in [6.45, 7) is 2.30. The average molecular weight is 483 g/mol.